The first-order chi connectivity index (χ1) is 6.65. The van der Waals surface area contributed by atoms with Crippen LogP contribution in [0, 0.1) is 5.92 Å². The Morgan fingerprint density at radius 3 is 2.36 bits per heavy atom. The normalized spacial score (nSPS) is 12.2. The minimum Gasteiger partial charge on any atom is -0.295 e. The van der Waals surface area contributed by atoms with Crippen LogP contribution in [0.25, 0.3) is 0 Å². The Bertz CT molecular complexity index is 194. The lowest BCUT2D eigenvalue weighted by atomic mass is 10.1. The number of nitrogens with one attached hydrogen (secondary N) is 1. The van der Waals surface area contributed by atoms with Crippen molar-refractivity contribution in [3.05, 3.63) is 25.3 Å². The molecule has 0 aromatic heterocycles. The van der Waals surface area contributed by atoms with Gasteiger partial charge in [-0.2, -0.15) is 0 Å². The number of hydrazine groups is 1. The van der Waals surface area contributed by atoms with Crippen LogP contribution in [0.5, 0.6) is 0 Å². The number of nitrogens with two attached hydrogens (primary N) is 1. The van der Waals surface area contributed by atoms with E-state index in [1.807, 2.05) is 6.92 Å². The molecule has 0 spiro atoms. The van der Waals surface area contributed by atoms with Crippen LogP contribution < -0.4 is 11.3 Å². The molecule has 0 fully saturated rings. The Morgan fingerprint density at radius 2 is 2.00 bits per heavy atom. The summed E-state index contributed by atoms with van der Waals surface area (Å²) in [5.41, 5.74) is 2.14. The third kappa shape index (κ3) is 4.79. The fraction of sp³-hybridized carbons (Fsp3) is 0.500. The van der Waals surface area contributed by atoms with Gasteiger partial charge in [-0.3, -0.25) is 15.1 Å². The Morgan fingerprint density at radius 1 is 1.50 bits per heavy atom. The summed E-state index contributed by atoms with van der Waals surface area (Å²) < 4.78 is 0. The monoisotopic (exact) mass is 197 g/mol. The summed E-state index contributed by atoms with van der Waals surface area (Å²) in [6.45, 7) is 11.3. The van der Waals surface area contributed by atoms with Crippen LogP contribution in [0.15, 0.2) is 25.3 Å². The highest BCUT2D eigenvalue weighted by atomic mass is 16.2. The van der Waals surface area contributed by atoms with Crippen LogP contribution in [0.4, 0.5) is 0 Å². The van der Waals surface area contributed by atoms with Crippen molar-refractivity contribution in [1.29, 1.82) is 0 Å². The zero-order valence-electron chi connectivity index (χ0n) is 8.70. The number of nitrogens with zero attached hydrogens (tertiary/aromatic N) is 1. The van der Waals surface area contributed by atoms with Crippen LogP contribution in [-0.4, -0.2) is 30.4 Å². The molecule has 0 aliphatic heterocycles. The van der Waals surface area contributed by atoms with Gasteiger partial charge >= 0.3 is 0 Å². The highest BCUT2D eigenvalue weighted by molar-refractivity contribution is 5.77. The van der Waals surface area contributed by atoms with Crippen molar-refractivity contribution in [3.8, 4) is 0 Å². The van der Waals surface area contributed by atoms with Gasteiger partial charge in [0.05, 0.1) is 0 Å². The third-order valence-electron chi connectivity index (χ3n) is 1.90. The van der Waals surface area contributed by atoms with Gasteiger partial charge in [0.25, 0.3) is 0 Å². The molecule has 80 valence electrons. The molecule has 4 heteroatoms. The fourth-order valence-electron chi connectivity index (χ4n) is 1.20. The Balaban J connectivity index is 4.06. The number of amides is 1. The molecule has 0 saturated heterocycles. The highest BCUT2D eigenvalue weighted by Crippen LogP contribution is 2.00. The van der Waals surface area contributed by atoms with E-state index < -0.39 is 0 Å². The molecule has 1 amide bonds. The van der Waals surface area contributed by atoms with Crippen LogP contribution in [0.1, 0.15) is 6.92 Å². The Labute approximate surface area is 85.4 Å². The summed E-state index contributed by atoms with van der Waals surface area (Å²) in [6.07, 6.45) is 3.60. The van der Waals surface area contributed by atoms with Gasteiger partial charge in [0.15, 0.2) is 0 Å². The smallest absolute Gasteiger partial charge is 0.237 e. The van der Waals surface area contributed by atoms with Gasteiger partial charge in [-0.25, -0.2) is 5.84 Å². The quantitative estimate of drug-likeness (QED) is 0.267. The van der Waals surface area contributed by atoms with Crippen molar-refractivity contribution in [1.82, 2.24) is 10.3 Å². The summed E-state index contributed by atoms with van der Waals surface area (Å²) in [5.74, 6) is 4.76. The number of carbonyl (C=O) groups excluding carboxylic acids is 1. The second kappa shape index (κ2) is 7.29. The van der Waals surface area contributed by atoms with E-state index in [0.717, 1.165) is 13.1 Å². The van der Waals surface area contributed by atoms with E-state index in [1.165, 1.54) is 0 Å². The van der Waals surface area contributed by atoms with E-state index in [1.54, 1.807) is 12.2 Å². The van der Waals surface area contributed by atoms with Crippen LogP contribution in [0.3, 0.4) is 0 Å². The molecular weight excluding hydrogens is 178 g/mol. The molecule has 1 unspecified atom stereocenters. The maximum atomic E-state index is 11.1. The molecule has 0 heterocycles. The molecule has 0 aliphatic rings. The SMILES string of the molecule is C=CCN(CC=C)CC(C)C(=O)NN. The van der Waals surface area contributed by atoms with Crippen molar-refractivity contribution in [2.24, 2.45) is 11.8 Å². The lowest BCUT2D eigenvalue weighted by molar-refractivity contribution is -0.125. The minimum atomic E-state index is -0.150. The van der Waals surface area contributed by atoms with Crippen LogP contribution in [0.2, 0.25) is 0 Å². The predicted molar refractivity (Wildman–Crippen MR) is 58.3 cm³/mol. The molecule has 0 aromatic rings. The van der Waals surface area contributed by atoms with Gasteiger partial charge in [0.2, 0.25) is 5.91 Å². The first-order valence-electron chi connectivity index (χ1n) is 4.60. The number of carbonyl (C=O) groups is 1. The third-order valence-corrected chi connectivity index (χ3v) is 1.90. The molecule has 0 aliphatic carbocycles. The van der Waals surface area contributed by atoms with Gasteiger partial charge in [-0.05, 0) is 0 Å². The average molecular weight is 197 g/mol. The van der Waals surface area contributed by atoms with E-state index >= 15 is 0 Å². The van der Waals surface area contributed by atoms with Gasteiger partial charge in [-0.1, -0.05) is 19.1 Å². The van der Waals surface area contributed by atoms with E-state index in [0.29, 0.717) is 6.54 Å². The zero-order chi connectivity index (χ0) is 11.0. The summed E-state index contributed by atoms with van der Waals surface area (Å²) >= 11 is 0. The lowest BCUT2D eigenvalue weighted by Crippen LogP contribution is -2.40. The summed E-state index contributed by atoms with van der Waals surface area (Å²) in [7, 11) is 0. The number of hydrogen-bond acceptors (Lipinski definition) is 3. The molecule has 0 aromatic carbocycles. The average Bonchev–Trinajstić information content (AvgIpc) is 2.17. The van der Waals surface area contributed by atoms with Crippen LogP contribution in [-0.2, 0) is 4.79 Å². The van der Waals surface area contributed by atoms with Crippen LogP contribution >= 0.6 is 0 Å². The first-order valence-corrected chi connectivity index (χ1v) is 4.60. The second-order valence-corrected chi connectivity index (χ2v) is 3.21. The maximum Gasteiger partial charge on any atom is 0.237 e. The molecule has 3 N–H and O–H groups in total. The second-order valence-electron chi connectivity index (χ2n) is 3.21. The molecule has 0 saturated carbocycles. The maximum absolute atomic E-state index is 11.1. The van der Waals surface area contributed by atoms with Crippen molar-refractivity contribution < 1.29 is 4.79 Å². The van der Waals surface area contributed by atoms with E-state index in [4.69, 9.17) is 5.84 Å². The Kier molecular flexibility index (Phi) is 6.70. The first kappa shape index (κ1) is 12.9. The number of rotatable bonds is 7. The van der Waals surface area contributed by atoms with Gasteiger partial charge in [0.1, 0.15) is 0 Å². The largest absolute Gasteiger partial charge is 0.295 e. The molecule has 14 heavy (non-hydrogen) atoms. The minimum absolute atomic E-state index is 0.125. The van der Waals surface area contributed by atoms with Crippen molar-refractivity contribution in [2.45, 2.75) is 6.92 Å². The molecule has 1 atom stereocenters. The van der Waals surface area contributed by atoms with Gasteiger partial charge in [-0.15, -0.1) is 13.2 Å². The molecule has 0 rings (SSSR count). The molecule has 0 bridgehead atoms. The molecular formula is C10H19N3O. The highest BCUT2D eigenvalue weighted by Gasteiger charge is 2.14. The Hall–Kier alpha value is -1.13. The lowest BCUT2D eigenvalue weighted by Gasteiger charge is -2.21. The predicted octanol–water partition coefficient (Wildman–Crippen LogP) is 0.286. The summed E-state index contributed by atoms with van der Waals surface area (Å²) in [5, 5.41) is 0. The van der Waals surface area contributed by atoms with E-state index in [9.17, 15) is 4.79 Å². The fourth-order valence-corrected chi connectivity index (χ4v) is 1.20. The van der Waals surface area contributed by atoms with Crippen molar-refractivity contribution in [3.63, 3.8) is 0 Å². The topological polar surface area (TPSA) is 58.4 Å². The summed E-state index contributed by atoms with van der Waals surface area (Å²) in [4.78, 5) is 13.2. The molecule has 0 radical (unpaired) electrons. The van der Waals surface area contributed by atoms with Gasteiger partial charge in [0, 0.05) is 25.6 Å². The van der Waals surface area contributed by atoms with Crippen molar-refractivity contribution in [2.75, 3.05) is 19.6 Å². The van der Waals surface area contributed by atoms with Crippen molar-refractivity contribution >= 4 is 5.91 Å². The van der Waals surface area contributed by atoms with E-state index in [-0.39, 0.29) is 11.8 Å². The summed E-state index contributed by atoms with van der Waals surface area (Å²) in [6, 6.07) is 0. The zero-order valence-corrected chi connectivity index (χ0v) is 8.70. The molecule has 4 nitrogen and oxygen atoms in total. The van der Waals surface area contributed by atoms with Gasteiger partial charge < -0.3 is 0 Å². The van der Waals surface area contributed by atoms with E-state index in [2.05, 4.69) is 23.5 Å². The number of hydrogen-bond donors (Lipinski definition) is 2. The standard InChI is InChI=1S/C10H19N3O/c1-4-6-13(7-5-2)8-9(3)10(14)12-11/h4-5,9H,1-2,6-8,11H2,3H3,(H,12,14).